The van der Waals surface area contributed by atoms with Crippen molar-refractivity contribution in [3.05, 3.63) is 35.9 Å². The van der Waals surface area contributed by atoms with Gasteiger partial charge in [-0.05, 0) is 37.2 Å². The molecule has 5 heteroatoms. The van der Waals surface area contributed by atoms with E-state index in [1.54, 1.807) is 4.90 Å². The normalized spacial score (nSPS) is 22.4. The standard InChI is InChI=1S/C21H31N3O2/c1-23(16-17-8-3-2-4-9-17)20(25)13-14-22-21(26)24-15-7-11-18-10-5-6-12-19(18)24/h2-4,8-9,18-19H,5-7,10-16H2,1H3,(H,22,26). The molecule has 2 aliphatic rings. The van der Waals surface area contributed by atoms with Crippen molar-refractivity contribution in [3.63, 3.8) is 0 Å². The summed E-state index contributed by atoms with van der Waals surface area (Å²) in [5.41, 5.74) is 1.11. The zero-order valence-corrected chi connectivity index (χ0v) is 15.8. The predicted molar refractivity (Wildman–Crippen MR) is 103 cm³/mol. The van der Waals surface area contributed by atoms with E-state index in [1.807, 2.05) is 42.3 Å². The van der Waals surface area contributed by atoms with Crippen molar-refractivity contribution in [1.82, 2.24) is 15.1 Å². The number of urea groups is 1. The summed E-state index contributed by atoms with van der Waals surface area (Å²) in [5.74, 6) is 0.741. The minimum Gasteiger partial charge on any atom is -0.341 e. The molecule has 0 bridgehead atoms. The molecular weight excluding hydrogens is 326 g/mol. The van der Waals surface area contributed by atoms with Gasteiger partial charge < -0.3 is 15.1 Å². The van der Waals surface area contributed by atoms with Crippen molar-refractivity contribution in [2.45, 2.75) is 57.5 Å². The SMILES string of the molecule is CN(Cc1ccccc1)C(=O)CCNC(=O)N1CCCC2CCCCC21. The van der Waals surface area contributed by atoms with E-state index in [0.717, 1.165) is 24.9 Å². The lowest BCUT2D eigenvalue weighted by molar-refractivity contribution is -0.130. The van der Waals surface area contributed by atoms with Crippen molar-refractivity contribution in [2.75, 3.05) is 20.1 Å². The van der Waals surface area contributed by atoms with Crippen LogP contribution in [0.4, 0.5) is 4.79 Å². The fourth-order valence-corrected chi connectivity index (χ4v) is 4.39. The number of piperidine rings is 1. The highest BCUT2D eigenvalue weighted by Crippen LogP contribution is 2.35. The molecule has 2 unspecified atom stereocenters. The fraction of sp³-hybridized carbons (Fsp3) is 0.619. The monoisotopic (exact) mass is 357 g/mol. The van der Waals surface area contributed by atoms with Gasteiger partial charge in [-0.1, -0.05) is 43.2 Å². The first-order valence-corrected chi connectivity index (χ1v) is 9.97. The summed E-state index contributed by atoms with van der Waals surface area (Å²) in [6.07, 6.45) is 7.64. The molecule has 1 aliphatic heterocycles. The minimum absolute atomic E-state index is 0.0140. The van der Waals surface area contributed by atoms with Crippen LogP contribution in [0, 0.1) is 5.92 Å². The zero-order chi connectivity index (χ0) is 18.4. The highest BCUT2D eigenvalue weighted by molar-refractivity contribution is 5.78. The Morgan fingerprint density at radius 3 is 2.65 bits per heavy atom. The first kappa shape index (κ1) is 18.7. The largest absolute Gasteiger partial charge is 0.341 e. The van der Waals surface area contributed by atoms with E-state index in [9.17, 15) is 9.59 Å². The quantitative estimate of drug-likeness (QED) is 0.878. The smallest absolute Gasteiger partial charge is 0.317 e. The predicted octanol–water partition coefficient (Wildman–Crippen LogP) is 3.40. The number of likely N-dealkylation sites (tertiary alicyclic amines) is 1. The van der Waals surface area contributed by atoms with Crippen LogP contribution in [0.25, 0.3) is 0 Å². The molecule has 0 spiro atoms. The second kappa shape index (κ2) is 9.06. The fourth-order valence-electron chi connectivity index (χ4n) is 4.39. The van der Waals surface area contributed by atoms with Crippen LogP contribution in [0.15, 0.2) is 30.3 Å². The molecule has 26 heavy (non-hydrogen) atoms. The molecule has 1 heterocycles. The third-order valence-electron chi connectivity index (χ3n) is 5.81. The van der Waals surface area contributed by atoms with Crippen LogP contribution in [-0.4, -0.2) is 47.9 Å². The maximum absolute atomic E-state index is 12.6. The summed E-state index contributed by atoms with van der Waals surface area (Å²) >= 11 is 0. The third-order valence-corrected chi connectivity index (χ3v) is 5.81. The molecule has 1 saturated heterocycles. The number of benzene rings is 1. The molecular formula is C21H31N3O2. The van der Waals surface area contributed by atoms with Gasteiger partial charge >= 0.3 is 6.03 Å². The van der Waals surface area contributed by atoms with Crippen LogP contribution in [0.2, 0.25) is 0 Å². The highest BCUT2D eigenvalue weighted by atomic mass is 16.2. The van der Waals surface area contributed by atoms with Gasteiger partial charge in [-0.3, -0.25) is 4.79 Å². The van der Waals surface area contributed by atoms with Crippen LogP contribution in [0.3, 0.4) is 0 Å². The molecule has 5 nitrogen and oxygen atoms in total. The molecule has 3 amide bonds. The van der Waals surface area contributed by atoms with Gasteiger partial charge in [0.2, 0.25) is 5.91 Å². The van der Waals surface area contributed by atoms with E-state index < -0.39 is 0 Å². The van der Waals surface area contributed by atoms with E-state index in [-0.39, 0.29) is 11.9 Å². The van der Waals surface area contributed by atoms with Crippen molar-refractivity contribution in [1.29, 1.82) is 0 Å². The first-order chi connectivity index (χ1) is 12.6. The van der Waals surface area contributed by atoms with E-state index in [1.165, 1.54) is 25.7 Å². The number of rotatable bonds is 5. The number of carbonyl (C=O) groups excluding carboxylic acids is 2. The van der Waals surface area contributed by atoms with Gasteiger partial charge in [0.25, 0.3) is 0 Å². The molecule has 0 radical (unpaired) electrons. The maximum Gasteiger partial charge on any atom is 0.317 e. The number of hydrogen-bond acceptors (Lipinski definition) is 2. The van der Waals surface area contributed by atoms with Crippen molar-refractivity contribution < 1.29 is 9.59 Å². The van der Waals surface area contributed by atoms with Gasteiger partial charge in [0.1, 0.15) is 0 Å². The van der Waals surface area contributed by atoms with Crippen molar-refractivity contribution >= 4 is 11.9 Å². The van der Waals surface area contributed by atoms with Crippen LogP contribution in [0.1, 0.15) is 50.5 Å². The van der Waals surface area contributed by atoms with Gasteiger partial charge in [0.15, 0.2) is 0 Å². The summed E-state index contributed by atoms with van der Waals surface area (Å²) in [7, 11) is 1.81. The molecule has 3 rings (SSSR count). The Morgan fingerprint density at radius 1 is 1.12 bits per heavy atom. The Kier molecular flexibility index (Phi) is 6.53. The van der Waals surface area contributed by atoms with Crippen LogP contribution < -0.4 is 5.32 Å². The Hall–Kier alpha value is -2.04. The van der Waals surface area contributed by atoms with Crippen molar-refractivity contribution in [3.8, 4) is 0 Å². The van der Waals surface area contributed by atoms with Gasteiger partial charge in [-0.25, -0.2) is 4.79 Å². The summed E-state index contributed by atoms with van der Waals surface area (Å²) in [6, 6.07) is 10.4. The van der Waals surface area contributed by atoms with E-state index in [0.29, 0.717) is 31.5 Å². The molecule has 1 aromatic carbocycles. The highest BCUT2D eigenvalue weighted by Gasteiger charge is 2.35. The van der Waals surface area contributed by atoms with Gasteiger partial charge in [0, 0.05) is 39.1 Å². The Bertz CT molecular complexity index is 603. The zero-order valence-electron chi connectivity index (χ0n) is 15.8. The number of carbonyl (C=O) groups is 2. The topological polar surface area (TPSA) is 52.7 Å². The molecule has 142 valence electrons. The number of nitrogens with zero attached hydrogens (tertiary/aromatic N) is 2. The molecule has 2 fully saturated rings. The lowest BCUT2D eigenvalue weighted by Crippen LogP contribution is -2.53. The molecule has 1 N–H and O–H groups in total. The van der Waals surface area contributed by atoms with Crippen LogP contribution >= 0.6 is 0 Å². The third kappa shape index (κ3) is 4.77. The van der Waals surface area contributed by atoms with E-state index in [4.69, 9.17) is 0 Å². The van der Waals surface area contributed by atoms with Gasteiger partial charge in [-0.15, -0.1) is 0 Å². The minimum atomic E-state index is 0.0140. The van der Waals surface area contributed by atoms with Gasteiger partial charge in [0.05, 0.1) is 0 Å². The summed E-state index contributed by atoms with van der Waals surface area (Å²) in [5, 5.41) is 2.97. The Morgan fingerprint density at radius 2 is 1.85 bits per heavy atom. The Labute approximate surface area is 156 Å². The number of hydrogen-bond donors (Lipinski definition) is 1. The number of amides is 3. The average molecular weight is 357 g/mol. The molecule has 2 atom stereocenters. The lowest BCUT2D eigenvalue weighted by Gasteiger charge is -2.44. The first-order valence-electron chi connectivity index (χ1n) is 9.97. The number of nitrogens with one attached hydrogen (secondary N) is 1. The van der Waals surface area contributed by atoms with E-state index in [2.05, 4.69) is 5.32 Å². The summed E-state index contributed by atoms with van der Waals surface area (Å²) < 4.78 is 0. The summed E-state index contributed by atoms with van der Waals surface area (Å²) in [4.78, 5) is 28.6. The molecule has 0 aromatic heterocycles. The average Bonchev–Trinajstić information content (AvgIpc) is 2.68. The van der Waals surface area contributed by atoms with Crippen LogP contribution in [0.5, 0.6) is 0 Å². The second-order valence-electron chi connectivity index (χ2n) is 7.66. The lowest BCUT2D eigenvalue weighted by atomic mass is 9.78. The number of fused-ring (bicyclic) bond motifs is 1. The van der Waals surface area contributed by atoms with Crippen molar-refractivity contribution in [2.24, 2.45) is 5.92 Å². The molecule has 1 aromatic rings. The molecule has 1 aliphatic carbocycles. The van der Waals surface area contributed by atoms with Gasteiger partial charge in [-0.2, -0.15) is 0 Å². The van der Waals surface area contributed by atoms with E-state index >= 15 is 0 Å². The molecule has 1 saturated carbocycles. The second-order valence-corrected chi connectivity index (χ2v) is 7.66. The summed E-state index contributed by atoms with van der Waals surface area (Å²) in [6.45, 7) is 1.86. The Balaban J connectivity index is 1.42. The maximum atomic E-state index is 12.6. The van der Waals surface area contributed by atoms with Crippen LogP contribution in [-0.2, 0) is 11.3 Å².